The first-order valence-electron chi connectivity index (χ1n) is 0. The van der Waals surface area contributed by atoms with Crippen molar-refractivity contribution in [3.8, 4) is 0 Å². The van der Waals surface area contributed by atoms with Gasteiger partial charge in [-0.25, -0.2) is 0 Å². The molecule has 4 heteroatoms. The smallest absolute Gasteiger partial charge is 1.00 e. The van der Waals surface area contributed by atoms with Gasteiger partial charge in [0.1, 0.15) is 0 Å². The predicted molar refractivity (Wildman–Crippen MR) is 13.3 cm³/mol. The van der Waals surface area contributed by atoms with Gasteiger partial charge in [-0.3, -0.25) is 0 Å². The van der Waals surface area contributed by atoms with Gasteiger partial charge >= 0.3 is 88.7 Å². The van der Waals surface area contributed by atoms with E-state index in [1.807, 2.05) is 0 Å². The largest absolute Gasteiger partial charge is 1.00 e. The van der Waals surface area contributed by atoms with Crippen LogP contribution in [0.1, 0.15) is 4.28 Å². The molecule has 0 aliphatic rings. The third-order valence-corrected chi connectivity index (χ3v) is 0. The Bertz CT molecular complexity index is 10.1. The molecule has 0 amide bonds. The summed E-state index contributed by atoms with van der Waals surface area (Å²) < 4.78 is 0. The summed E-state index contributed by atoms with van der Waals surface area (Å²) >= 11 is 0. The quantitative estimate of drug-likeness (QED) is 0.266. The fourth-order valence-electron chi connectivity index (χ4n) is 0. The average molecular weight is 102 g/mol. The molecule has 0 rings (SSSR count). The maximum Gasteiger partial charge on any atom is 1.00 e. The second kappa shape index (κ2) is 16.0. The molecule has 0 saturated heterocycles. The topological polar surface area (TPSA) is 0 Å². The molecule has 0 unspecified atom stereocenters. The molecule has 0 bridgehead atoms. The van der Waals surface area contributed by atoms with E-state index in [1.54, 1.807) is 0 Å². The molecule has 0 aromatic rings. The van der Waals surface area contributed by atoms with Gasteiger partial charge < -0.3 is 4.28 Å². The van der Waals surface area contributed by atoms with Crippen molar-refractivity contribution in [3.05, 3.63) is 0 Å². The molecule has 0 atom stereocenters. The molecule has 0 N–H and O–H groups in total. The van der Waals surface area contributed by atoms with Crippen molar-refractivity contribution in [1.29, 1.82) is 0 Å². The fourth-order valence-corrected chi connectivity index (χ4v) is 0. The van der Waals surface area contributed by atoms with E-state index in [-0.39, 0.29) is 110 Å². The van der Waals surface area contributed by atoms with Crippen LogP contribution >= 0.6 is 0 Å². The van der Waals surface area contributed by atoms with Gasteiger partial charge in [-0.05, 0) is 0 Å². The van der Waals surface area contributed by atoms with Crippen molar-refractivity contribution in [1.82, 2.24) is 0 Å². The Morgan fingerprint density at radius 1 is 0.750 bits per heavy atom. The van der Waals surface area contributed by atoms with E-state index in [4.69, 9.17) is 0 Å². The van der Waals surface area contributed by atoms with E-state index in [1.165, 1.54) is 0 Å². The summed E-state index contributed by atoms with van der Waals surface area (Å²) in [6, 6.07) is 0. The Morgan fingerprint density at radius 3 is 0.750 bits per heavy atom. The molecule has 0 radical (unpaired) electrons. The Labute approximate surface area is 108 Å². The summed E-state index contributed by atoms with van der Waals surface area (Å²) in [5.41, 5.74) is 0. The molecule has 0 aromatic heterocycles. The van der Waals surface area contributed by atoms with Gasteiger partial charge in [0.25, 0.3) is 0 Å². The van der Waals surface area contributed by atoms with Crippen molar-refractivity contribution >= 4 is 17.4 Å². The van der Waals surface area contributed by atoms with Crippen LogP contribution in [0.25, 0.3) is 0 Å². The van der Waals surface area contributed by atoms with Crippen molar-refractivity contribution in [2.24, 2.45) is 0 Å². The first-order valence-corrected chi connectivity index (χ1v) is 0. The molecule has 0 aliphatic carbocycles. The standard InChI is InChI=1S/Al.3Na.6H/q;3*+1;;;;3*-1. The SMILES string of the molecule is [AlH3].[H-].[H-].[H-].[Na+].[Na+].[Na+]. The maximum atomic E-state index is 0. The molecule has 12 valence electrons. The van der Waals surface area contributed by atoms with Gasteiger partial charge in [0, 0.05) is 0 Å². The second-order valence-electron chi connectivity index (χ2n) is 0. The second-order valence-corrected chi connectivity index (χ2v) is 0. The van der Waals surface area contributed by atoms with Crippen LogP contribution < -0.4 is 88.7 Å². The summed E-state index contributed by atoms with van der Waals surface area (Å²) in [7, 11) is 0. The number of rotatable bonds is 0. The van der Waals surface area contributed by atoms with Gasteiger partial charge in [0.05, 0.1) is 0 Å². The summed E-state index contributed by atoms with van der Waals surface area (Å²) in [5.74, 6) is 0. The molecule has 4 heavy (non-hydrogen) atoms. The zero-order chi connectivity index (χ0) is 0. The minimum Gasteiger partial charge on any atom is -1.00 e. The monoisotopic (exact) mass is 102 g/mol. The molecular formula is H6AlNa3. The minimum absolute atomic E-state index is 0. The molecule has 0 spiro atoms. The fraction of sp³-hybridized carbons (Fsp3) is 0. The van der Waals surface area contributed by atoms with Gasteiger partial charge in [-0.15, -0.1) is 0 Å². The van der Waals surface area contributed by atoms with E-state index in [9.17, 15) is 0 Å². The van der Waals surface area contributed by atoms with E-state index in [0.29, 0.717) is 0 Å². The molecule has 0 aliphatic heterocycles. The van der Waals surface area contributed by atoms with Crippen LogP contribution in [0, 0.1) is 0 Å². The summed E-state index contributed by atoms with van der Waals surface area (Å²) in [6.07, 6.45) is 0. The van der Waals surface area contributed by atoms with Gasteiger partial charge in [0.2, 0.25) is 0 Å². The van der Waals surface area contributed by atoms with Crippen molar-refractivity contribution < 1.29 is 93.0 Å². The minimum atomic E-state index is 0. The van der Waals surface area contributed by atoms with Gasteiger partial charge in [0.15, 0.2) is 17.4 Å². The van der Waals surface area contributed by atoms with Crippen molar-refractivity contribution in [2.45, 2.75) is 0 Å². The van der Waals surface area contributed by atoms with Gasteiger partial charge in [-0.2, -0.15) is 0 Å². The predicted octanol–water partition coefficient (Wildman–Crippen LogP) is -9.83. The van der Waals surface area contributed by atoms with E-state index in [0.717, 1.165) is 0 Å². The average Bonchev–Trinajstić information content (AvgIpc) is 0. The molecule has 0 heterocycles. The van der Waals surface area contributed by atoms with Crippen LogP contribution in [0.2, 0.25) is 0 Å². The van der Waals surface area contributed by atoms with Crippen LogP contribution in [0.5, 0.6) is 0 Å². The van der Waals surface area contributed by atoms with Gasteiger partial charge in [-0.1, -0.05) is 0 Å². The number of hydrogen-bond donors (Lipinski definition) is 0. The first-order chi connectivity index (χ1) is 0. The third kappa shape index (κ3) is 9.11. The Hall–Kier alpha value is 3.53. The third-order valence-electron chi connectivity index (χ3n) is 0. The zero-order valence-electron chi connectivity index (χ0n) is 6.00. The molecule has 0 saturated carbocycles. The van der Waals surface area contributed by atoms with E-state index >= 15 is 0 Å². The molecular weight excluding hydrogens is 96.0 g/mol. The van der Waals surface area contributed by atoms with Crippen LogP contribution in [0.4, 0.5) is 0 Å². The Balaban J connectivity index is 0. The van der Waals surface area contributed by atoms with Crippen LogP contribution in [-0.4, -0.2) is 17.4 Å². The summed E-state index contributed by atoms with van der Waals surface area (Å²) in [6.45, 7) is 0. The van der Waals surface area contributed by atoms with Crippen molar-refractivity contribution in [3.63, 3.8) is 0 Å². The van der Waals surface area contributed by atoms with Crippen molar-refractivity contribution in [2.75, 3.05) is 0 Å². The summed E-state index contributed by atoms with van der Waals surface area (Å²) in [4.78, 5) is 0. The Kier molecular flexibility index (Phi) is 103. The van der Waals surface area contributed by atoms with Crippen LogP contribution in [0.15, 0.2) is 0 Å². The molecule has 0 fully saturated rings. The van der Waals surface area contributed by atoms with Crippen LogP contribution in [-0.2, 0) is 0 Å². The normalized spacial score (nSPS) is 0. The molecule has 0 aromatic carbocycles. The molecule has 0 nitrogen and oxygen atoms in total. The first kappa shape index (κ1) is 25.8. The number of hydrogen-bond acceptors (Lipinski definition) is 0. The van der Waals surface area contributed by atoms with E-state index < -0.39 is 0 Å². The summed E-state index contributed by atoms with van der Waals surface area (Å²) in [5, 5.41) is 0. The Morgan fingerprint density at radius 2 is 0.750 bits per heavy atom. The van der Waals surface area contributed by atoms with E-state index in [2.05, 4.69) is 0 Å². The van der Waals surface area contributed by atoms with Crippen LogP contribution in [0.3, 0.4) is 0 Å². The zero-order valence-corrected chi connectivity index (χ0v) is 9.00. The maximum absolute atomic E-state index is 0.